The summed E-state index contributed by atoms with van der Waals surface area (Å²) in [7, 11) is 0. The summed E-state index contributed by atoms with van der Waals surface area (Å²) < 4.78 is 10.2. The molecule has 0 rings (SSSR count). The zero-order chi connectivity index (χ0) is 18.6. The van der Waals surface area contributed by atoms with Crippen LogP contribution in [0.25, 0.3) is 0 Å². The summed E-state index contributed by atoms with van der Waals surface area (Å²) in [6.45, 7) is 5.25. The molecule has 0 atom stereocenters. The number of hydrogen-bond donors (Lipinski definition) is 0. The van der Waals surface area contributed by atoms with E-state index in [0.29, 0.717) is 13.2 Å². The molecule has 0 bridgehead atoms. The van der Waals surface area contributed by atoms with Crippen LogP contribution in [-0.2, 0) is 19.1 Å². The fraction of sp³-hybridized carbons (Fsp3) is 0.810. The predicted molar refractivity (Wildman–Crippen MR) is 102 cm³/mol. The quantitative estimate of drug-likeness (QED) is 0.190. The summed E-state index contributed by atoms with van der Waals surface area (Å²) >= 11 is 0. The van der Waals surface area contributed by atoms with Gasteiger partial charge in [-0.05, 0) is 32.1 Å². The van der Waals surface area contributed by atoms with Gasteiger partial charge in [-0.3, -0.25) is 9.59 Å². The molecule has 0 fully saturated rings. The lowest BCUT2D eigenvalue weighted by atomic mass is 10.2. The summed E-state index contributed by atoms with van der Waals surface area (Å²) in [4.78, 5) is 23.1. The van der Waals surface area contributed by atoms with Gasteiger partial charge in [-0.1, -0.05) is 64.5 Å². The lowest BCUT2D eigenvalue weighted by molar-refractivity contribution is -0.150. The van der Waals surface area contributed by atoms with Crippen molar-refractivity contribution in [2.24, 2.45) is 0 Å². The van der Waals surface area contributed by atoms with E-state index in [4.69, 9.17) is 9.47 Å². The van der Waals surface area contributed by atoms with E-state index in [1.54, 1.807) is 0 Å². The van der Waals surface area contributed by atoms with Crippen molar-refractivity contribution in [2.45, 2.75) is 97.3 Å². The molecule has 25 heavy (non-hydrogen) atoms. The van der Waals surface area contributed by atoms with Crippen LogP contribution in [0.2, 0.25) is 0 Å². The van der Waals surface area contributed by atoms with Crippen molar-refractivity contribution in [3.05, 3.63) is 12.2 Å². The topological polar surface area (TPSA) is 52.6 Å². The Hall–Kier alpha value is -1.32. The number of carbonyl (C=O) groups excluding carboxylic acids is 2. The molecule has 0 aliphatic carbocycles. The van der Waals surface area contributed by atoms with Crippen LogP contribution in [0.3, 0.4) is 0 Å². The Morgan fingerprint density at radius 3 is 1.72 bits per heavy atom. The first kappa shape index (κ1) is 23.7. The lowest BCUT2D eigenvalue weighted by Gasteiger charge is -2.05. The van der Waals surface area contributed by atoms with Gasteiger partial charge in [-0.15, -0.1) is 0 Å². The Morgan fingerprint density at radius 2 is 1.12 bits per heavy atom. The van der Waals surface area contributed by atoms with Crippen molar-refractivity contribution in [2.75, 3.05) is 13.2 Å². The van der Waals surface area contributed by atoms with Crippen LogP contribution in [-0.4, -0.2) is 25.2 Å². The molecule has 0 unspecified atom stereocenters. The van der Waals surface area contributed by atoms with Gasteiger partial charge in [0.25, 0.3) is 0 Å². The van der Waals surface area contributed by atoms with Crippen LogP contribution in [0, 0.1) is 0 Å². The molecule has 0 heterocycles. The fourth-order valence-electron chi connectivity index (χ4n) is 2.38. The SMILES string of the molecule is CCCCC/C=C/CCCOC(=O)CCC(=O)OCCCCCCC. The third-order valence-corrected chi connectivity index (χ3v) is 3.96. The summed E-state index contributed by atoms with van der Waals surface area (Å²) in [5, 5.41) is 0. The van der Waals surface area contributed by atoms with Crippen LogP contribution < -0.4 is 0 Å². The van der Waals surface area contributed by atoms with Gasteiger partial charge in [-0.2, -0.15) is 0 Å². The molecular formula is C21H38O4. The van der Waals surface area contributed by atoms with Crippen molar-refractivity contribution in [3.8, 4) is 0 Å². The second-order valence-corrected chi connectivity index (χ2v) is 6.46. The molecule has 0 N–H and O–H groups in total. The Kier molecular flexibility index (Phi) is 18.0. The highest BCUT2D eigenvalue weighted by Gasteiger charge is 2.08. The molecule has 146 valence electrons. The van der Waals surface area contributed by atoms with Crippen LogP contribution in [0.5, 0.6) is 0 Å². The maximum absolute atomic E-state index is 11.6. The molecule has 0 spiro atoms. The number of rotatable bonds is 17. The first-order valence-corrected chi connectivity index (χ1v) is 10.2. The van der Waals surface area contributed by atoms with E-state index in [9.17, 15) is 9.59 Å². The van der Waals surface area contributed by atoms with Crippen LogP contribution in [0.4, 0.5) is 0 Å². The zero-order valence-electron chi connectivity index (χ0n) is 16.4. The number of allylic oxidation sites excluding steroid dienone is 2. The van der Waals surface area contributed by atoms with E-state index >= 15 is 0 Å². The molecular weight excluding hydrogens is 316 g/mol. The van der Waals surface area contributed by atoms with Gasteiger partial charge in [0.2, 0.25) is 0 Å². The Balaban J connectivity index is 3.41. The number of hydrogen-bond acceptors (Lipinski definition) is 4. The first-order valence-electron chi connectivity index (χ1n) is 10.2. The molecule has 4 heteroatoms. The third kappa shape index (κ3) is 18.9. The number of carbonyl (C=O) groups is 2. The molecule has 0 saturated carbocycles. The highest BCUT2D eigenvalue weighted by Crippen LogP contribution is 2.04. The van der Waals surface area contributed by atoms with Gasteiger partial charge < -0.3 is 9.47 Å². The summed E-state index contributed by atoms with van der Waals surface area (Å²) in [6.07, 6.45) is 16.9. The zero-order valence-corrected chi connectivity index (χ0v) is 16.4. The number of unbranched alkanes of at least 4 members (excludes halogenated alkanes) is 8. The van der Waals surface area contributed by atoms with Gasteiger partial charge in [0.15, 0.2) is 0 Å². The minimum Gasteiger partial charge on any atom is -0.466 e. The maximum Gasteiger partial charge on any atom is 0.306 e. The van der Waals surface area contributed by atoms with Gasteiger partial charge in [0.05, 0.1) is 26.1 Å². The number of esters is 2. The Bertz CT molecular complexity index is 350. The van der Waals surface area contributed by atoms with Gasteiger partial charge in [0.1, 0.15) is 0 Å². The molecule has 0 saturated heterocycles. The van der Waals surface area contributed by atoms with Crippen LogP contribution in [0.1, 0.15) is 97.3 Å². The fourth-order valence-corrected chi connectivity index (χ4v) is 2.38. The van der Waals surface area contributed by atoms with E-state index < -0.39 is 0 Å². The molecule has 0 aromatic rings. The third-order valence-electron chi connectivity index (χ3n) is 3.96. The lowest BCUT2D eigenvalue weighted by Crippen LogP contribution is -2.11. The second kappa shape index (κ2) is 19.0. The van der Waals surface area contributed by atoms with Crippen molar-refractivity contribution in [3.63, 3.8) is 0 Å². The first-order chi connectivity index (χ1) is 12.2. The average Bonchev–Trinajstić information content (AvgIpc) is 2.61. The molecule has 0 aliphatic heterocycles. The van der Waals surface area contributed by atoms with Gasteiger partial charge in [-0.25, -0.2) is 0 Å². The van der Waals surface area contributed by atoms with E-state index in [0.717, 1.165) is 32.1 Å². The highest BCUT2D eigenvalue weighted by molar-refractivity contribution is 5.77. The normalized spacial score (nSPS) is 11.0. The second-order valence-electron chi connectivity index (χ2n) is 6.46. The van der Waals surface area contributed by atoms with E-state index in [-0.39, 0.29) is 24.8 Å². The van der Waals surface area contributed by atoms with Crippen molar-refractivity contribution in [1.82, 2.24) is 0 Å². The van der Waals surface area contributed by atoms with E-state index in [1.165, 1.54) is 38.5 Å². The average molecular weight is 355 g/mol. The minimum atomic E-state index is -0.313. The standard InChI is InChI=1S/C21H38O4/c1-3-5-7-9-10-11-13-15-19-25-21(23)17-16-20(22)24-18-14-12-8-6-4-2/h10-11H,3-9,12-19H2,1-2H3/b11-10+. The van der Waals surface area contributed by atoms with E-state index in [1.807, 2.05) is 0 Å². The molecule has 0 radical (unpaired) electrons. The largest absolute Gasteiger partial charge is 0.466 e. The van der Waals surface area contributed by atoms with Gasteiger partial charge in [0, 0.05) is 0 Å². The maximum atomic E-state index is 11.6. The molecule has 0 amide bonds. The Morgan fingerprint density at radius 1 is 0.640 bits per heavy atom. The molecule has 0 aliphatic rings. The summed E-state index contributed by atoms with van der Waals surface area (Å²) in [6, 6.07) is 0. The minimum absolute atomic E-state index is 0.113. The Labute approximate surface area is 154 Å². The summed E-state index contributed by atoms with van der Waals surface area (Å²) in [5.41, 5.74) is 0. The van der Waals surface area contributed by atoms with E-state index in [2.05, 4.69) is 26.0 Å². The van der Waals surface area contributed by atoms with Crippen LogP contribution in [0.15, 0.2) is 12.2 Å². The molecule has 0 aromatic heterocycles. The van der Waals surface area contributed by atoms with Crippen LogP contribution >= 0.6 is 0 Å². The predicted octanol–water partition coefficient (Wildman–Crippen LogP) is 5.74. The number of ether oxygens (including phenoxy) is 2. The van der Waals surface area contributed by atoms with Gasteiger partial charge >= 0.3 is 11.9 Å². The monoisotopic (exact) mass is 354 g/mol. The van der Waals surface area contributed by atoms with Crippen molar-refractivity contribution in [1.29, 1.82) is 0 Å². The van der Waals surface area contributed by atoms with Crippen molar-refractivity contribution < 1.29 is 19.1 Å². The summed E-state index contributed by atoms with van der Waals surface area (Å²) in [5.74, 6) is -0.616. The smallest absolute Gasteiger partial charge is 0.306 e. The molecule has 0 aromatic carbocycles. The highest BCUT2D eigenvalue weighted by atomic mass is 16.5. The van der Waals surface area contributed by atoms with Crippen molar-refractivity contribution >= 4 is 11.9 Å². The molecule has 4 nitrogen and oxygen atoms in total.